The minimum atomic E-state index is 0.829. The molecular formula is C13H17N3S. The number of nitrogens with one attached hydrogen (secondary N) is 1. The Bertz CT molecular complexity index is 506. The van der Waals surface area contributed by atoms with Crippen LogP contribution in [0.4, 0.5) is 5.82 Å². The van der Waals surface area contributed by atoms with Crippen LogP contribution in [0.5, 0.6) is 0 Å². The molecular weight excluding hydrogens is 230 g/mol. The molecule has 0 atom stereocenters. The summed E-state index contributed by atoms with van der Waals surface area (Å²) in [6.45, 7) is 6.29. The first-order chi connectivity index (χ1) is 8.15. The Morgan fingerprint density at radius 3 is 2.53 bits per heavy atom. The van der Waals surface area contributed by atoms with Crippen molar-refractivity contribution in [1.29, 1.82) is 0 Å². The molecule has 0 fully saturated rings. The van der Waals surface area contributed by atoms with Crippen LogP contribution in [-0.4, -0.2) is 17.0 Å². The third-order valence-electron chi connectivity index (χ3n) is 2.78. The number of thiophene rings is 1. The fourth-order valence-corrected chi connectivity index (χ4v) is 2.62. The first-order valence-corrected chi connectivity index (χ1v) is 6.59. The zero-order valence-electron chi connectivity index (χ0n) is 10.7. The van der Waals surface area contributed by atoms with Gasteiger partial charge in [0.2, 0.25) is 0 Å². The number of aryl methyl sites for hydroxylation is 2. The van der Waals surface area contributed by atoms with Gasteiger partial charge in [-0.2, -0.15) is 0 Å². The Morgan fingerprint density at radius 2 is 2.00 bits per heavy atom. The maximum absolute atomic E-state index is 4.64. The second-order valence-electron chi connectivity index (χ2n) is 3.98. The van der Waals surface area contributed by atoms with Crippen molar-refractivity contribution >= 4 is 17.2 Å². The van der Waals surface area contributed by atoms with E-state index in [4.69, 9.17) is 0 Å². The molecule has 0 radical (unpaired) electrons. The minimum Gasteiger partial charge on any atom is -0.373 e. The molecule has 17 heavy (non-hydrogen) atoms. The van der Waals surface area contributed by atoms with Crippen LogP contribution < -0.4 is 5.32 Å². The summed E-state index contributed by atoms with van der Waals surface area (Å²) >= 11 is 1.73. The predicted molar refractivity (Wildman–Crippen MR) is 73.7 cm³/mol. The number of nitrogens with zero attached hydrogens (tertiary/aromatic N) is 2. The molecule has 0 saturated carbocycles. The quantitative estimate of drug-likeness (QED) is 0.903. The van der Waals surface area contributed by atoms with Crippen molar-refractivity contribution in [2.24, 2.45) is 0 Å². The molecule has 0 unspecified atom stereocenters. The summed E-state index contributed by atoms with van der Waals surface area (Å²) in [6.07, 6.45) is 0.931. The number of rotatable bonds is 3. The van der Waals surface area contributed by atoms with Crippen LogP contribution in [0.15, 0.2) is 12.1 Å². The Kier molecular flexibility index (Phi) is 3.43. The van der Waals surface area contributed by atoms with Gasteiger partial charge in [-0.1, -0.05) is 6.92 Å². The van der Waals surface area contributed by atoms with Crippen molar-refractivity contribution in [1.82, 2.24) is 9.97 Å². The van der Waals surface area contributed by atoms with Gasteiger partial charge in [-0.25, -0.2) is 9.97 Å². The minimum absolute atomic E-state index is 0.829. The molecule has 0 amide bonds. The molecule has 2 aromatic heterocycles. The van der Waals surface area contributed by atoms with Crippen LogP contribution in [0.25, 0.3) is 10.7 Å². The van der Waals surface area contributed by atoms with E-state index in [0.717, 1.165) is 34.2 Å². The summed E-state index contributed by atoms with van der Waals surface area (Å²) in [4.78, 5) is 11.6. The average molecular weight is 247 g/mol. The van der Waals surface area contributed by atoms with E-state index >= 15 is 0 Å². The number of aromatic nitrogens is 2. The molecule has 0 aliphatic carbocycles. The Hall–Kier alpha value is -1.42. The van der Waals surface area contributed by atoms with Crippen LogP contribution >= 0.6 is 11.3 Å². The van der Waals surface area contributed by atoms with Crippen molar-refractivity contribution < 1.29 is 0 Å². The molecule has 2 rings (SSSR count). The molecule has 0 aliphatic heterocycles. The average Bonchev–Trinajstić information content (AvgIpc) is 2.76. The van der Waals surface area contributed by atoms with Crippen molar-refractivity contribution in [3.05, 3.63) is 28.3 Å². The molecule has 4 heteroatoms. The lowest BCUT2D eigenvalue weighted by atomic mass is 10.2. The maximum Gasteiger partial charge on any atom is 0.171 e. The Balaban J connectivity index is 2.55. The lowest BCUT2D eigenvalue weighted by Crippen LogP contribution is -2.04. The third-order valence-corrected chi connectivity index (χ3v) is 3.78. The van der Waals surface area contributed by atoms with Gasteiger partial charge in [-0.15, -0.1) is 11.3 Å². The van der Waals surface area contributed by atoms with Crippen molar-refractivity contribution in [3.8, 4) is 10.7 Å². The molecule has 0 saturated heterocycles. The van der Waals surface area contributed by atoms with Gasteiger partial charge < -0.3 is 5.32 Å². The van der Waals surface area contributed by atoms with Gasteiger partial charge in [-0.05, 0) is 32.4 Å². The van der Waals surface area contributed by atoms with E-state index in [-0.39, 0.29) is 0 Å². The van der Waals surface area contributed by atoms with Gasteiger partial charge >= 0.3 is 0 Å². The van der Waals surface area contributed by atoms with Crippen LogP contribution in [0.2, 0.25) is 0 Å². The third kappa shape index (κ3) is 2.31. The molecule has 0 bridgehead atoms. The molecule has 3 nitrogen and oxygen atoms in total. The van der Waals surface area contributed by atoms with Crippen LogP contribution in [0.1, 0.15) is 23.1 Å². The van der Waals surface area contributed by atoms with E-state index in [1.54, 1.807) is 11.3 Å². The molecule has 2 aromatic rings. The van der Waals surface area contributed by atoms with E-state index in [0.29, 0.717) is 0 Å². The maximum atomic E-state index is 4.64. The largest absolute Gasteiger partial charge is 0.373 e. The van der Waals surface area contributed by atoms with Crippen LogP contribution in [0.3, 0.4) is 0 Å². The summed E-state index contributed by atoms with van der Waals surface area (Å²) in [7, 11) is 1.90. The summed E-state index contributed by atoms with van der Waals surface area (Å²) in [5.41, 5.74) is 2.26. The summed E-state index contributed by atoms with van der Waals surface area (Å²) in [5, 5.41) is 3.14. The highest BCUT2D eigenvalue weighted by molar-refractivity contribution is 7.15. The fourth-order valence-electron chi connectivity index (χ4n) is 1.82. The highest BCUT2D eigenvalue weighted by Crippen LogP contribution is 2.27. The zero-order valence-corrected chi connectivity index (χ0v) is 11.5. The monoisotopic (exact) mass is 247 g/mol. The topological polar surface area (TPSA) is 37.8 Å². The van der Waals surface area contributed by atoms with Gasteiger partial charge in [-0.3, -0.25) is 0 Å². The first kappa shape index (κ1) is 12.0. The zero-order chi connectivity index (χ0) is 12.4. The molecule has 0 spiro atoms. The first-order valence-electron chi connectivity index (χ1n) is 5.77. The number of anilines is 1. The molecule has 90 valence electrons. The predicted octanol–water partition coefficient (Wildman–Crippen LogP) is 3.43. The van der Waals surface area contributed by atoms with Gasteiger partial charge in [0.15, 0.2) is 5.82 Å². The van der Waals surface area contributed by atoms with Gasteiger partial charge in [0.1, 0.15) is 5.82 Å². The second-order valence-corrected chi connectivity index (χ2v) is 5.27. The molecule has 1 N–H and O–H groups in total. The normalized spacial score (nSPS) is 10.6. The van der Waals surface area contributed by atoms with Crippen molar-refractivity contribution in [2.45, 2.75) is 27.2 Å². The second kappa shape index (κ2) is 4.84. The van der Waals surface area contributed by atoms with Crippen LogP contribution in [0, 0.1) is 13.8 Å². The molecule has 2 heterocycles. The van der Waals surface area contributed by atoms with Gasteiger partial charge in [0, 0.05) is 23.2 Å². The van der Waals surface area contributed by atoms with E-state index in [1.807, 2.05) is 7.05 Å². The van der Waals surface area contributed by atoms with E-state index in [9.17, 15) is 0 Å². The van der Waals surface area contributed by atoms with E-state index in [1.165, 1.54) is 4.88 Å². The Morgan fingerprint density at radius 1 is 1.24 bits per heavy atom. The highest BCUT2D eigenvalue weighted by Gasteiger charge is 2.11. The highest BCUT2D eigenvalue weighted by atomic mass is 32.1. The summed E-state index contributed by atoms with van der Waals surface area (Å²) in [6, 6.07) is 4.19. The lowest BCUT2D eigenvalue weighted by Gasteiger charge is -2.10. The summed E-state index contributed by atoms with van der Waals surface area (Å²) in [5.74, 6) is 1.76. The standard InChI is InChI=1S/C13H17N3S/c1-5-10-9(3)12(14-4)16-13(15-10)11-7-6-8(2)17-11/h6-7H,5H2,1-4H3,(H,14,15,16). The lowest BCUT2D eigenvalue weighted by molar-refractivity contribution is 0.980. The van der Waals surface area contributed by atoms with Crippen LogP contribution in [-0.2, 0) is 6.42 Å². The van der Waals surface area contributed by atoms with Gasteiger partial charge in [0.05, 0.1) is 4.88 Å². The van der Waals surface area contributed by atoms with Crippen molar-refractivity contribution in [3.63, 3.8) is 0 Å². The smallest absolute Gasteiger partial charge is 0.171 e. The number of hydrogen-bond donors (Lipinski definition) is 1. The Labute approximate surface area is 106 Å². The van der Waals surface area contributed by atoms with Gasteiger partial charge in [0.25, 0.3) is 0 Å². The molecule has 0 aromatic carbocycles. The SMILES string of the molecule is CCc1nc(-c2ccc(C)s2)nc(NC)c1C. The number of hydrogen-bond acceptors (Lipinski definition) is 4. The van der Waals surface area contributed by atoms with E-state index < -0.39 is 0 Å². The summed E-state index contributed by atoms with van der Waals surface area (Å²) < 4.78 is 0. The molecule has 0 aliphatic rings. The van der Waals surface area contributed by atoms with E-state index in [2.05, 4.69) is 48.2 Å². The van der Waals surface area contributed by atoms with Crippen molar-refractivity contribution in [2.75, 3.05) is 12.4 Å². The fraction of sp³-hybridized carbons (Fsp3) is 0.385.